The summed E-state index contributed by atoms with van der Waals surface area (Å²) in [6.45, 7) is 9.55. The van der Waals surface area contributed by atoms with Gasteiger partial charge in [0.25, 0.3) is 0 Å². The van der Waals surface area contributed by atoms with Gasteiger partial charge in [0.1, 0.15) is 0 Å². The Morgan fingerprint density at radius 1 is 0.476 bits per heavy atom. The molecule has 304 valence electrons. The molecule has 2 unspecified atom stereocenters. The van der Waals surface area contributed by atoms with Gasteiger partial charge >= 0.3 is 0 Å². The lowest BCUT2D eigenvalue weighted by Crippen LogP contribution is -2.44. The van der Waals surface area contributed by atoms with Crippen molar-refractivity contribution in [3.8, 4) is 16.8 Å². The van der Waals surface area contributed by atoms with Crippen molar-refractivity contribution in [1.82, 2.24) is 4.57 Å². The van der Waals surface area contributed by atoms with Gasteiger partial charge in [0.2, 0.25) is 0 Å². The van der Waals surface area contributed by atoms with Crippen molar-refractivity contribution in [1.29, 1.82) is 0 Å². The van der Waals surface area contributed by atoms with Crippen LogP contribution >= 0.6 is 0 Å². The number of aromatic nitrogens is 1. The molecule has 2 atom stereocenters. The highest BCUT2D eigenvalue weighted by molar-refractivity contribution is 6.14. The van der Waals surface area contributed by atoms with Crippen molar-refractivity contribution in [2.45, 2.75) is 57.4 Å². The predicted octanol–water partition coefficient (Wildman–Crippen LogP) is 14.6. The number of aliphatic imine (C=N–C) groups is 2. The van der Waals surface area contributed by atoms with Crippen LogP contribution in [-0.4, -0.2) is 16.1 Å². The first-order valence-corrected chi connectivity index (χ1v) is 22.5. The molecule has 12 rings (SSSR count). The summed E-state index contributed by atoms with van der Waals surface area (Å²) >= 11 is 0. The standard InChI is InChI=1S/C60H49N3/c1-58(2)36-35-52(61-57(40-21-9-6-10-22-40)62-56(58)39-19-7-5-8-20-39)43-24-17-23-41(37-43)42-33-34-47-51(38-42)60(48-28-13-12-27-46(48)59(47,3)4)49-29-14-16-32-54(49)63-53-31-15-11-25-44(53)45-26-18-30-50(60)55(45)63/h5-34,37-38,56H,35-36H2,1-4H3/b61-52+,62-57-. The van der Waals surface area contributed by atoms with Gasteiger partial charge in [-0.05, 0) is 98.2 Å². The summed E-state index contributed by atoms with van der Waals surface area (Å²) in [6, 6.07) is 72.0. The van der Waals surface area contributed by atoms with Crippen LogP contribution in [0.3, 0.4) is 0 Å². The lowest BCUT2D eigenvalue weighted by molar-refractivity contribution is 0.272. The number of hydrogen-bond donors (Lipinski definition) is 0. The van der Waals surface area contributed by atoms with Gasteiger partial charge in [-0.1, -0.05) is 198 Å². The van der Waals surface area contributed by atoms with Gasteiger partial charge < -0.3 is 4.57 Å². The lowest BCUT2D eigenvalue weighted by Gasteiger charge is -2.50. The van der Waals surface area contributed by atoms with Gasteiger partial charge in [0.15, 0.2) is 5.84 Å². The van der Waals surface area contributed by atoms with E-state index in [9.17, 15) is 0 Å². The van der Waals surface area contributed by atoms with Crippen molar-refractivity contribution in [3.05, 3.63) is 244 Å². The quantitative estimate of drug-likeness (QED) is 0.169. The van der Waals surface area contributed by atoms with Crippen LogP contribution in [0, 0.1) is 5.41 Å². The molecule has 0 fully saturated rings. The van der Waals surface area contributed by atoms with E-state index in [1.54, 1.807) is 0 Å². The first kappa shape index (κ1) is 37.6. The summed E-state index contributed by atoms with van der Waals surface area (Å²) in [5.41, 5.74) is 17.9. The molecule has 3 heterocycles. The van der Waals surface area contributed by atoms with E-state index in [1.807, 2.05) is 0 Å². The van der Waals surface area contributed by atoms with E-state index in [1.165, 1.54) is 77.6 Å². The molecule has 3 aliphatic rings. The van der Waals surface area contributed by atoms with Crippen molar-refractivity contribution in [3.63, 3.8) is 0 Å². The number of benzene rings is 8. The zero-order valence-corrected chi connectivity index (χ0v) is 36.3. The first-order valence-electron chi connectivity index (χ1n) is 22.5. The number of hydrogen-bond acceptors (Lipinski definition) is 2. The van der Waals surface area contributed by atoms with E-state index in [0.717, 1.165) is 35.5 Å². The van der Waals surface area contributed by atoms with Crippen LogP contribution in [0.1, 0.15) is 96.6 Å². The molecule has 0 saturated carbocycles. The first-order chi connectivity index (χ1) is 30.7. The molecule has 2 aliphatic heterocycles. The number of fused-ring (bicyclic) bond motifs is 11. The molecule has 3 heteroatoms. The maximum Gasteiger partial charge on any atom is 0.155 e. The molecular weight excluding hydrogens is 763 g/mol. The maximum atomic E-state index is 5.51. The molecule has 0 N–H and O–H groups in total. The van der Waals surface area contributed by atoms with Crippen molar-refractivity contribution < 1.29 is 0 Å². The van der Waals surface area contributed by atoms with Gasteiger partial charge in [0, 0.05) is 21.8 Å². The lowest BCUT2D eigenvalue weighted by atomic mass is 9.53. The number of amidine groups is 1. The third kappa shape index (κ3) is 5.52. The van der Waals surface area contributed by atoms with Gasteiger partial charge in [-0.3, -0.25) is 4.99 Å². The minimum absolute atomic E-state index is 0.0141. The monoisotopic (exact) mass is 811 g/mol. The normalized spacial score (nSPS) is 21.0. The smallest absolute Gasteiger partial charge is 0.155 e. The SMILES string of the molecule is CC1(C)c2ccccc2C2(c3ccccc3-n3c4ccccc4c4cccc2c43)c2cc(-c3cccc(/C4=N/C(c5ccccc5)=N\C(c5ccccc5)C(C)(C)CC4)c3)ccc21. The molecule has 0 bridgehead atoms. The molecule has 0 amide bonds. The molecule has 1 aromatic heterocycles. The highest BCUT2D eigenvalue weighted by atomic mass is 15.0. The molecular formula is C60H49N3. The fraction of sp³-hybridized carbons (Fsp3) is 0.167. The van der Waals surface area contributed by atoms with Crippen molar-refractivity contribution in [2.75, 3.05) is 0 Å². The topological polar surface area (TPSA) is 29.6 Å². The van der Waals surface area contributed by atoms with Crippen LogP contribution in [0.15, 0.2) is 204 Å². The van der Waals surface area contributed by atoms with Crippen LogP contribution in [0.4, 0.5) is 0 Å². The number of rotatable bonds is 4. The van der Waals surface area contributed by atoms with Gasteiger partial charge in [-0.25, -0.2) is 4.99 Å². The van der Waals surface area contributed by atoms with Crippen LogP contribution < -0.4 is 0 Å². The van der Waals surface area contributed by atoms with E-state index in [-0.39, 0.29) is 16.9 Å². The summed E-state index contributed by atoms with van der Waals surface area (Å²) in [7, 11) is 0. The Labute approximate surface area is 370 Å². The van der Waals surface area contributed by atoms with E-state index in [2.05, 4.69) is 226 Å². The number of nitrogens with zero attached hydrogens (tertiary/aromatic N) is 3. The Morgan fingerprint density at radius 3 is 1.90 bits per heavy atom. The zero-order chi connectivity index (χ0) is 42.5. The minimum atomic E-state index is -0.554. The van der Waals surface area contributed by atoms with Gasteiger partial charge in [0.05, 0.1) is 33.9 Å². The molecule has 0 radical (unpaired) electrons. The largest absolute Gasteiger partial charge is 0.309 e. The van der Waals surface area contributed by atoms with E-state index in [0.29, 0.717) is 0 Å². The fourth-order valence-corrected chi connectivity index (χ4v) is 11.6. The Bertz CT molecular complexity index is 3350. The minimum Gasteiger partial charge on any atom is -0.309 e. The van der Waals surface area contributed by atoms with E-state index < -0.39 is 5.41 Å². The average molecular weight is 812 g/mol. The Hall–Kier alpha value is -7.10. The van der Waals surface area contributed by atoms with Crippen molar-refractivity contribution in [2.24, 2.45) is 15.4 Å². The van der Waals surface area contributed by atoms with E-state index >= 15 is 0 Å². The highest BCUT2D eigenvalue weighted by Gasteiger charge is 2.52. The Kier molecular flexibility index (Phi) is 8.34. The second kappa shape index (κ2) is 14.0. The molecule has 3 nitrogen and oxygen atoms in total. The van der Waals surface area contributed by atoms with Gasteiger partial charge in [-0.15, -0.1) is 0 Å². The maximum absolute atomic E-state index is 5.51. The van der Waals surface area contributed by atoms with Gasteiger partial charge in [-0.2, -0.15) is 0 Å². The second-order valence-corrected chi connectivity index (χ2v) is 19.0. The molecule has 63 heavy (non-hydrogen) atoms. The zero-order valence-electron chi connectivity index (χ0n) is 36.3. The van der Waals surface area contributed by atoms with Crippen LogP contribution in [0.25, 0.3) is 38.6 Å². The third-order valence-electron chi connectivity index (χ3n) is 14.7. The Morgan fingerprint density at radius 2 is 1.08 bits per heavy atom. The third-order valence-corrected chi connectivity index (χ3v) is 14.7. The van der Waals surface area contributed by atoms with Crippen LogP contribution in [0.2, 0.25) is 0 Å². The summed E-state index contributed by atoms with van der Waals surface area (Å²) < 4.78 is 2.53. The number of para-hydroxylation sites is 3. The second-order valence-electron chi connectivity index (χ2n) is 19.0. The van der Waals surface area contributed by atoms with E-state index in [4.69, 9.17) is 9.98 Å². The molecule has 9 aromatic rings. The highest BCUT2D eigenvalue weighted by Crippen LogP contribution is 2.61. The summed E-state index contributed by atoms with van der Waals surface area (Å²) in [6.07, 6.45) is 1.80. The summed E-state index contributed by atoms with van der Waals surface area (Å²) in [5, 5.41) is 2.58. The van der Waals surface area contributed by atoms with Crippen molar-refractivity contribution >= 4 is 33.4 Å². The van der Waals surface area contributed by atoms with Crippen LogP contribution in [-0.2, 0) is 10.8 Å². The average Bonchev–Trinajstić information content (AvgIpc) is 3.66. The summed E-state index contributed by atoms with van der Waals surface area (Å²) in [5.74, 6) is 0.789. The molecule has 8 aromatic carbocycles. The molecule has 1 aliphatic carbocycles. The predicted molar refractivity (Wildman–Crippen MR) is 262 cm³/mol. The molecule has 1 spiro atoms. The Balaban J connectivity index is 1.07. The van der Waals surface area contributed by atoms with Crippen LogP contribution in [0.5, 0.6) is 0 Å². The molecule has 0 saturated heterocycles. The fourth-order valence-electron chi connectivity index (χ4n) is 11.6. The summed E-state index contributed by atoms with van der Waals surface area (Å²) in [4.78, 5) is 11.0.